The van der Waals surface area contributed by atoms with Crippen LogP contribution in [0.1, 0.15) is 34.6 Å². The summed E-state index contributed by atoms with van der Waals surface area (Å²) in [4.78, 5) is 15.6. The van der Waals surface area contributed by atoms with Crippen molar-refractivity contribution in [1.82, 2.24) is 5.32 Å². The van der Waals surface area contributed by atoms with Crippen LogP contribution in [0.5, 0.6) is 0 Å². The number of rotatable bonds is 1. The number of ether oxygens (including phenoxy) is 1. The number of hydrogen-bond acceptors (Lipinski definition) is 4. The van der Waals surface area contributed by atoms with Crippen molar-refractivity contribution in [3.8, 4) is 0 Å². The number of amides is 1. The molecule has 2 N–H and O–H groups in total. The van der Waals surface area contributed by atoms with Crippen LogP contribution in [-0.2, 0) is 4.74 Å². The van der Waals surface area contributed by atoms with E-state index in [9.17, 15) is 9.90 Å². The molecule has 0 unspecified atom stereocenters. The minimum Gasteiger partial charge on any atom is -0.444 e. The molecule has 0 spiro atoms. The molecule has 0 aliphatic carbocycles. The van der Waals surface area contributed by atoms with Crippen molar-refractivity contribution in [2.45, 2.75) is 45.8 Å². The van der Waals surface area contributed by atoms with E-state index in [1.54, 1.807) is 40.6 Å². The minimum absolute atomic E-state index is 0.497. The van der Waals surface area contributed by atoms with Crippen molar-refractivity contribution >= 4 is 19.1 Å². The van der Waals surface area contributed by atoms with Crippen LogP contribution < -0.4 is 5.32 Å². The fourth-order valence-electron chi connectivity index (χ4n) is 1.32. The van der Waals surface area contributed by atoms with E-state index >= 15 is 0 Å². The molecule has 1 heterocycles. The topological polar surface area (TPSA) is 70.9 Å². The van der Waals surface area contributed by atoms with Crippen LogP contribution in [-0.4, -0.2) is 35.4 Å². The van der Waals surface area contributed by atoms with Gasteiger partial charge in [-0.05, 0) is 34.6 Å². The molecule has 1 aliphatic heterocycles. The first kappa shape index (κ1) is 13.8. The summed E-state index contributed by atoms with van der Waals surface area (Å²) in [6, 6.07) is 0. The number of carbonyl (C=O) groups is 1. The van der Waals surface area contributed by atoms with Gasteiger partial charge in [0.2, 0.25) is 7.28 Å². The van der Waals surface area contributed by atoms with Gasteiger partial charge in [0, 0.05) is 0 Å². The number of nitrogens with one attached hydrogen (secondary N) is 1. The summed E-state index contributed by atoms with van der Waals surface area (Å²) in [5.41, 5.74) is -0.465. The highest BCUT2D eigenvalue weighted by Gasteiger charge is 2.25. The molecule has 94 valence electrons. The van der Waals surface area contributed by atoms with Gasteiger partial charge in [0.05, 0.1) is 17.0 Å². The molecule has 0 saturated heterocycles. The van der Waals surface area contributed by atoms with Crippen LogP contribution in [0, 0.1) is 0 Å². The zero-order valence-electron chi connectivity index (χ0n) is 11.0. The molecule has 0 bridgehead atoms. The van der Waals surface area contributed by atoms with Crippen LogP contribution in [0.25, 0.3) is 0 Å². The third kappa shape index (κ3) is 4.60. The Morgan fingerprint density at radius 2 is 2.00 bits per heavy atom. The molecule has 1 aliphatic rings. The maximum Gasteiger partial charge on any atom is 0.412 e. The Hall–Kier alpha value is -1.30. The largest absolute Gasteiger partial charge is 0.444 e. The smallest absolute Gasteiger partial charge is 0.412 e. The number of amidine groups is 1. The molecule has 6 heteroatoms. The van der Waals surface area contributed by atoms with E-state index in [1.165, 1.54) is 0 Å². The molecular weight excluding hydrogens is 219 g/mol. The number of alkyl carbamates (subject to hydrolysis) is 1. The lowest BCUT2D eigenvalue weighted by Gasteiger charge is -2.20. The Bertz CT molecular complexity index is 375. The van der Waals surface area contributed by atoms with Crippen molar-refractivity contribution in [1.29, 1.82) is 0 Å². The number of hydrogen-bond donors (Lipinski definition) is 2. The number of aliphatic hydroxyl groups is 1. The molecular formula is C11H19BN2O3. The number of carbonyl (C=O) groups excluding carboxylic acids is 1. The van der Waals surface area contributed by atoms with Gasteiger partial charge in [-0.2, -0.15) is 0 Å². The van der Waals surface area contributed by atoms with Gasteiger partial charge in [-0.1, -0.05) is 5.98 Å². The second kappa shape index (κ2) is 4.53. The number of nitrogens with zero attached hydrogens (tertiary/aromatic N) is 1. The van der Waals surface area contributed by atoms with Gasteiger partial charge in [0.1, 0.15) is 5.60 Å². The molecule has 0 saturated carbocycles. The van der Waals surface area contributed by atoms with Gasteiger partial charge in [0.25, 0.3) is 0 Å². The SMILES string of the molecule is CC(C)(C)OC(=O)NC1=NC(C(C)(C)O)=CB1. The minimum atomic E-state index is -0.989. The highest BCUT2D eigenvalue weighted by molar-refractivity contribution is 6.80. The lowest BCUT2D eigenvalue weighted by atomic mass is 9.77. The van der Waals surface area contributed by atoms with Crippen molar-refractivity contribution in [3.05, 3.63) is 11.7 Å². The third-order valence-corrected chi connectivity index (χ3v) is 2.02. The van der Waals surface area contributed by atoms with E-state index in [0.29, 0.717) is 18.7 Å². The van der Waals surface area contributed by atoms with Crippen LogP contribution in [0.2, 0.25) is 0 Å². The molecule has 0 aromatic rings. The van der Waals surface area contributed by atoms with E-state index in [-0.39, 0.29) is 0 Å². The summed E-state index contributed by atoms with van der Waals surface area (Å²) < 4.78 is 5.10. The average Bonchev–Trinajstić information content (AvgIpc) is 2.47. The normalized spacial score (nSPS) is 15.9. The monoisotopic (exact) mass is 238 g/mol. The zero-order valence-corrected chi connectivity index (χ0v) is 11.0. The summed E-state index contributed by atoms with van der Waals surface area (Å²) in [7, 11) is 0.499. The van der Waals surface area contributed by atoms with E-state index in [4.69, 9.17) is 4.74 Å². The van der Waals surface area contributed by atoms with Crippen molar-refractivity contribution in [2.75, 3.05) is 0 Å². The maximum absolute atomic E-state index is 11.5. The molecule has 1 amide bonds. The second-order valence-electron chi connectivity index (χ2n) is 5.54. The van der Waals surface area contributed by atoms with E-state index in [0.717, 1.165) is 0 Å². The Labute approximate surface area is 102 Å². The third-order valence-electron chi connectivity index (χ3n) is 2.02. The first-order chi connectivity index (χ1) is 7.58. The first-order valence-electron chi connectivity index (χ1n) is 5.58. The fourth-order valence-corrected chi connectivity index (χ4v) is 1.32. The second-order valence-corrected chi connectivity index (χ2v) is 5.54. The zero-order chi connectivity index (χ0) is 13.3. The Kier molecular flexibility index (Phi) is 3.67. The standard InChI is InChI=1S/C11H19BN2O3/c1-10(2,3)17-9(15)14-8-12-6-7(13-8)11(4,5)16/h6,12,16H,1-5H3,(H,13,14,15). The van der Waals surface area contributed by atoms with E-state index < -0.39 is 17.3 Å². The fraction of sp³-hybridized carbons (Fsp3) is 0.636. The van der Waals surface area contributed by atoms with Gasteiger partial charge in [0.15, 0.2) is 0 Å². The van der Waals surface area contributed by atoms with E-state index in [1.807, 2.05) is 0 Å². The molecule has 0 aromatic heterocycles. The van der Waals surface area contributed by atoms with E-state index in [2.05, 4.69) is 10.3 Å². The summed E-state index contributed by atoms with van der Waals surface area (Å²) in [5.74, 6) is 1.78. The predicted molar refractivity (Wildman–Crippen MR) is 68.3 cm³/mol. The van der Waals surface area contributed by atoms with Crippen LogP contribution in [0.4, 0.5) is 4.79 Å². The molecule has 5 nitrogen and oxygen atoms in total. The van der Waals surface area contributed by atoms with Crippen molar-refractivity contribution < 1.29 is 14.6 Å². The molecule has 17 heavy (non-hydrogen) atoms. The highest BCUT2D eigenvalue weighted by Crippen LogP contribution is 2.19. The van der Waals surface area contributed by atoms with Gasteiger partial charge < -0.3 is 9.84 Å². The molecule has 0 atom stereocenters. The number of aliphatic imine (C=N–C) groups is 1. The first-order valence-corrected chi connectivity index (χ1v) is 5.58. The van der Waals surface area contributed by atoms with Crippen molar-refractivity contribution in [2.24, 2.45) is 4.99 Å². The summed E-state index contributed by atoms with van der Waals surface area (Å²) in [5, 5.41) is 12.3. The lowest BCUT2D eigenvalue weighted by molar-refractivity contribution is 0.0563. The lowest BCUT2D eigenvalue weighted by Crippen LogP contribution is -2.37. The Morgan fingerprint density at radius 1 is 1.41 bits per heavy atom. The predicted octanol–water partition coefficient (Wildman–Crippen LogP) is 0.929. The quantitative estimate of drug-likeness (QED) is 0.667. The summed E-state index contributed by atoms with van der Waals surface area (Å²) in [6.07, 6.45) is -0.526. The Morgan fingerprint density at radius 3 is 2.41 bits per heavy atom. The highest BCUT2D eigenvalue weighted by atomic mass is 16.6. The Balaban J connectivity index is 2.55. The van der Waals surface area contributed by atoms with Crippen LogP contribution >= 0.6 is 0 Å². The molecule has 0 aromatic carbocycles. The van der Waals surface area contributed by atoms with Crippen molar-refractivity contribution in [3.63, 3.8) is 0 Å². The molecule has 0 fully saturated rings. The molecule has 0 radical (unpaired) electrons. The average molecular weight is 238 g/mol. The van der Waals surface area contributed by atoms with Crippen LogP contribution in [0.15, 0.2) is 16.7 Å². The van der Waals surface area contributed by atoms with Gasteiger partial charge in [-0.15, -0.1) is 0 Å². The summed E-state index contributed by atoms with van der Waals surface area (Å²) >= 11 is 0. The summed E-state index contributed by atoms with van der Waals surface area (Å²) in [6.45, 7) is 8.69. The molecule has 1 rings (SSSR count). The maximum atomic E-state index is 11.5. The van der Waals surface area contributed by atoms with Crippen LogP contribution in [0.3, 0.4) is 0 Å². The van der Waals surface area contributed by atoms with Gasteiger partial charge in [-0.25, -0.2) is 9.79 Å². The van der Waals surface area contributed by atoms with Gasteiger partial charge >= 0.3 is 6.09 Å². The van der Waals surface area contributed by atoms with Gasteiger partial charge in [-0.3, -0.25) is 5.32 Å².